The van der Waals surface area contributed by atoms with Crippen molar-refractivity contribution in [3.63, 3.8) is 0 Å². The number of hydrogen-bond acceptors (Lipinski definition) is 3. The molecule has 0 atom stereocenters. The lowest BCUT2D eigenvalue weighted by Gasteiger charge is -2.06. The second-order valence-corrected chi connectivity index (χ2v) is 8.26. The molecule has 0 aliphatic heterocycles. The van der Waals surface area contributed by atoms with Crippen LogP contribution in [0, 0.1) is 0 Å². The van der Waals surface area contributed by atoms with Gasteiger partial charge in [0.1, 0.15) is 5.01 Å². The third-order valence-electron chi connectivity index (χ3n) is 5.13. The second kappa shape index (κ2) is 8.50. The van der Waals surface area contributed by atoms with Crippen LogP contribution in [0.2, 0.25) is 0 Å². The summed E-state index contributed by atoms with van der Waals surface area (Å²) in [7, 11) is 0. The van der Waals surface area contributed by atoms with Crippen LogP contribution >= 0.6 is 11.3 Å². The number of hydrogen-bond donors (Lipinski definition) is 0. The molecule has 5 rings (SSSR count). The minimum Gasteiger partial charge on any atom is -0.288 e. The van der Waals surface area contributed by atoms with Gasteiger partial charge in [0.2, 0.25) is 0 Å². The quantitative estimate of drug-likeness (QED) is 0.220. The number of allylic oxidation sites excluding steroid dienone is 1. The maximum absolute atomic E-state index is 13.4. The van der Waals surface area contributed by atoms with Crippen molar-refractivity contribution in [2.75, 3.05) is 0 Å². The summed E-state index contributed by atoms with van der Waals surface area (Å²) in [6, 6.07) is 35.9. The van der Waals surface area contributed by atoms with Gasteiger partial charge in [0.25, 0.3) is 0 Å². The van der Waals surface area contributed by atoms with E-state index in [9.17, 15) is 4.79 Å². The first-order valence-electron chi connectivity index (χ1n) is 10.1. The third kappa shape index (κ3) is 4.09. The van der Waals surface area contributed by atoms with E-state index < -0.39 is 0 Å². The first kappa shape index (κ1) is 19.2. The number of nitrogens with zero attached hydrogens (tertiary/aromatic N) is 1. The van der Waals surface area contributed by atoms with Crippen molar-refractivity contribution in [1.82, 2.24) is 4.98 Å². The molecule has 5 aromatic rings. The van der Waals surface area contributed by atoms with Crippen molar-refractivity contribution >= 4 is 39.0 Å². The molecule has 0 unspecified atom stereocenters. The minimum absolute atomic E-state index is 0.0215. The molecule has 0 bridgehead atoms. The van der Waals surface area contributed by atoms with Gasteiger partial charge in [-0.25, -0.2) is 4.98 Å². The molecule has 0 fully saturated rings. The number of thiazole rings is 1. The molecule has 1 aromatic heterocycles. The van der Waals surface area contributed by atoms with Crippen LogP contribution in [-0.4, -0.2) is 10.8 Å². The van der Waals surface area contributed by atoms with Crippen LogP contribution in [0.15, 0.2) is 109 Å². The van der Waals surface area contributed by atoms with Gasteiger partial charge in [-0.15, -0.1) is 11.3 Å². The molecule has 0 aliphatic carbocycles. The Balaban J connectivity index is 1.58. The average molecular weight is 418 g/mol. The molecule has 3 heteroatoms. The molecule has 0 spiro atoms. The molecular weight excluding hydrogens is 398 g/mol. The zero-order valence-electron chi connectivity index (χ0n) is 16.7. The number of ketones is 1. The van der Waals surface area contributed by atoms with Gasteiger partial charge in [-0.1, -0.05) is 97.1 Å². The van der Waals surface area contributed by atoms with Gasteiger partial charge in [0.15, 0.2) is 5.78 Å². The van der Waals surface area contributed by atoms with Gasteiger partial charge in [-0.2, -0.15) is 0 Å². The highest BCUT2D eigenvalue weighted by atomic mass is 32.1. The molecule has 0 saturated heterocycles. The molecule has 1 heterocycles. The zero-order valence-corrected chi connectivity index (χ0v) is 17.5. The first-order valence-corrected chi connectivity index (χ1v) is 10.9. The fraction of sp³-hybridized carbons (Fsp3) is 0. The largest absolute Gasteiger partial charge is 0.288 e. The van der Waals surface area contributed by atoms with Crippen molar-refractivity contribution in [1.29, 1.82) is 0 Å². The van der Waals surface area contributed by atoms with E-state index in [4.69, 9.17) is 4.98 Å². The Hall–Kier alpha value is -3.82. The topological polar surface area (TPSA) is 30.0 Å². The highest BCUT2D eigenvalue weighted by Crippen LogP contribution is 2.31. The number of rotatable bonds is 5. The Morgan fingerprint density at radius 1 is 0.677 bits per heavy atom. The Morgan fingerprint density at radius 3 is 2.00 bits per heavy atom. The van der Waals surface area contributed by atoms with Crippen LogP contribution in [-0.2, 0) is 0 Å². The highest BCUT2D eigenvalue weighted by Gasteiger charge is 2.18. The lowest BCUT2D eigenvalue weighted by Crippen LogP contribution is -2.02. The number of benzene rings is 4. The Morgan fingerprint density at radius 2 is 1.29 bits per heavy atom. The minimum atomic E-state index is -0.0215. The molecule has 0 radical (unpaired) electrons. The van der Waals surface area contributed by atoms with Crippen molar-refractivity contribution in [3.05, 3.63) is 125 Å². The lowest BCUT2D eigenvalue weighted by atomic mass is 9.99. The molecule has 0 N–H and O–H groups in total. The van der Waals surface area contributed by atoms with E-state index in [1.54, 1.807) is 11.3 Å². The van der Waals surface area contributed by atoms with Gasteiger partial charge in [0.05, 0.1) is 15.8 Å². The predicted octanol–water partition coefficient (Wildman–Crippen LogP) is 7.39. The maximum Gasteiger partial charge on any atom is 0.196 e. The van der Waals surface area contributed by atoms with Crippen molar-refractivity contribution in [2.45, 2.75) is 0 Å². The summed E-state index contributed by atoms with van der Waals surface area (Å²) >= 11 is 1.55. The van der Waals surface area contributed by atoms with Crippen molar-refractivity contribution < 1.29 is 4.79 Å². The number of carbonyl (C=O) groups is 1. The van der Waals surface area contributed by atoms with Gasteiger partial charge in [0, 0.05) is 5.56 Å². The Labute approximate surface area is 185 Å². The third-order valence-corrected chi connectivity index (χ3v) is 6.20. The van der Waals surface area contributed by atoms with E-state index in [1.807, 2.05) is 91.0 Å². The fourth-order valence-electron chi connectivity index (χ4n) is 3.53. The summed E-state index contributed by atoms with van der Waals surface area (Å²) in [5, 5.41) is 0.738. The van der Waals surface area contributed by atoms with Gasteiger partial charge in [-0.05, 0) is 34.9 Å². The van der Waals surface area contributed by atoms with Gasteiger partial charge >= 0.3 is 0 Å². The average Bonchev–Trinajstić information content (AvgIpc) is 3.28. The van der Waals surface area contributed by atoms with Crippen LogP contribution in [0.1, 0.15) is 20.9 Å². The standard InChI is InChI=1S/C28H19NOS/c30-27(23-11-5-2-6-12-23)24(28-29-25-13-7-8-14-26(25)31-28)19-20-15-17-22(18-16-20)21-9-3-1-4-10-21/h1-19H. The highest BCUT2D eigenvalue weighted by molar-refractivity contribution is 7.20. The summed E-state index contributed by atoms with van der Waals surface area (Å²) in [5.74, 6) is -0.0215. The zero-order chi connectivity index (χ0) is 21.0. The summed E-state index contributed by atoms with van der Waals surface area (Å²) in [4.78, 5) is 18.2. The molecule has 0 aliphatic rings. The van der Waals surface area contributed by atoms with Crippen molar-refractivity contribution in [2.24, 2.45) is 0 Å². The van der Waals surface area contributed by atoms with E-state index in [0.29, 0.717) is 11.1 Å². The fourth-order valence-corrected chi connectivity index (χ4v) is 4.50. The number of aromatic nitrogens is 1. The monoisotopic (exact) mass is 417 g/mol. The lowest BCUT2D eigenvalue weighted by molar-refractivity contribution is 0.105. The summed E-state index contributed by atoms with van der Waals surface area (Å²) < 4.78 is 1.07. The number of carbonyl (C=O) groups excluding carboxylic acids is 1. The number of fused-ring (bicyclic) bond motifs is 1. The van der Waals surface area contributed by atoms with E-state index in [1.165, 1.54) is 5.56 Å². The molecule has 4 aromatic carbocycles. The van der Waals surface area contributed by atoms with Crippen LogP contribution in [0.5, 0.6) is 0 Å². The molecule has 0 saturated carbocycles. The van der Waals surface area contributed by atoms with Crippen LogP contribution in [0.25, 0.3) is 33.0 Å². The van der Waals surface area contributed by atoms with E-state index in [0.717, 1.165) is 26.4 Å². The van der Waals surface area contributed by atoms with Crippen LogP contribution < -0.4 is 0 Å². The SMILES string of the molecule is O=C(C(=Cc1ccc(-c2ccccc2)cc1)c1nc2ccccc2s1)c1ccccc1. The summed E-state index contributed by atoms with van der Waals surface area (Å²) in [6.45, 7) is 0. The van der Waals surface area contributed by atoms with Gasteiger partial charge < -0.3 is 0 Å². The molecule has 148 valence electrons. The second-order valence-electron chi connectivity index (χ2n) is 7.23. The molecule has 31 heavy (non-hydrogen) atoms. The smallest absolute Gasteiger partial charge is 0.196 e. The van der Waals surface area contributed by atoms with E-state index >= 15 is 0 Å². The summed E-state index contributed by atoms with van der Waals surface area (Å²) in [6.07, 6.45) is 1.95. The molecule has 0 amide bonds. The predicted molar refractivity (Wildman–Crippen MR) is 130 cm³/mol. The molecular formula is C28H19NOS. The van der Waals surface area contributed by atoms with Crippen LogP contribution in [0.4, 0.5) is 0 Å². The first-order chi connectivity index (χ1) is 15.3. The molecule has 2 nitrogen and oxygen atoms in total. The normalized spacial score (nSPS) is 11.5. The summed E-state index contributed by atoms with van der Waals surface area (Å²) in [5.41, 5.74) is 5.47. The Kier molecular flexibility index (Phi) is 5.26. The van der Waals surface area contributed by atoms with Crippen molar-refractivity contribution in [3.8, 4) is 11.1 Å². The van der Waals surface area contributed by atoms with E-state index in [2.05, 4.69) is 24.3 Å². The van der Waals surface area contributed by atoms with Crippen LogP contribution in [0.3, 0.4) is 0 Å². The number of Topliss-reactive ketones (excluding diaryl/α,β-unsaturated/α-hetero) is 1. The number of para-hydroxylation sites is 1. The maximum atomic E-state index is 13.4. The van der Waals surface area contributed by atoms with Gasteiger partial charge in [-0.3, -0.25) is 4.79 Å². The Bertz CT molecular complexity index is 1330. The van der Waals surface area contributed by atoms with E-state index in [-0.39, 0.29) is 5.78 Å².